The summed E-state index contributed by atoms with van der Waals surface area (Å²) in [5.74, 6) is 0.577. The summed E-state index contributed by atoms with van der Waals surface area (Å²) in [4.78, 5) is 6.32. The Balaban J connectivity index is 1.91. The predicted molar refractivity (Wildman–Crippen MR) is 65.0 cm³/mol. The van der Waals surface area contributed by atoms with Crippen LogP contribution in [0.15, 0.2) is 42.6 Å². The van der Waals surface area contributed by atoms with E-state index >= 15 is 0 Å². The van der Waals surface area contributed by atoms with Gasteiger partial charge in [-0.1, -0.05) is 24.3 Å². The van der Waals surface area contributed by atoms with Gasteiger partial charge in [0.05, 0.1) is 0 Å². The molecule has 16 heavy (non-hydrogen) atoms. The van der Waals surface area contributed by atoms with Gasteiger partial charge in [0, 0.05) is 31.0 Å². The van der Waals surface area contributed by atoms with Crippen molar-refractivity contribution >= 4 is 11.5 Å². The molecule has 0 fully saturated rings. The molecule has 0 atom stereocenters. The van der Waals surface area contributed by atoms with Gasteiger partial charge >= 0.3 is 0 Å². The van der Waals surface area contributed by atoms with Gasteiger partial charge in [-0.2, -0.15) is 0 Å². The largest absolute Gasteiger partial charge is 0.384 e. The van der Waals surface area contributed by atoms with Crippen molar-refractivity contribution in [1.82, 2.24) is 4.98 Å². The number of nitrogens with zero attached hydrogens (tertiary/aromatic N) is 2. The first-order valence-corrected chi connectivity index (χ1v) is 5.36. The van der Waals surface area contributed by atoms with Crippen molar-refractivity contribution < 1.29 is 0 Å². The Morgan fingerprint density at radius 2 is 1.75 bits per heavy atom. The van der Waals surface area contributed by atoms with E-state index in [2.05, 4.69) is 34.1 Å². The highest BCUT2D eigenvalue weighted by atomic mass is 15.1. The Morgan fingerprint density at radius 3 is 2.38 bits per heavy atom. The Hall–Kier alpha value is -2.03. The number of pyridine rings is 1. The maximum atomic E-state index is 5.69. The minimum atomic E-state index is 0.577. The molecule has 1 aromatic heterocycles. The van der Waals surface area contributed by atoms with Crippen molar-refractivity contribution in [1.29, 1.82) is 0 Å². The quantitative estimate of drug-likeness (QED) is 0.786. The van der Waals surface area contributed by atoms with E-state index in [0.717, 1.165) is 18.8 Å². The molecule has 0 radical (unpaired) electrons. The number of hydrogen-bond acceptors (Lipinski definition) is 3. The van der Waals surface area contributed by atoms with Crippen molar-refractivity contribution in [2.45, 2.75) is 13.1 Å². The van der Waals surface area contributed by atoms with Crippen molar-refractivity contribution in [2.75, 3.05) is 10.6 Å². The molecule has 3 rings (SSSR count). The molecule has 1 aliphatic heterocycles. The van der Waals surface area contributed by atoms with Gasteiger partial charge in [0.1, 0.15) is 5.82 Å². The Morgan fingerprint density at radius 1 is 1.06 bits per heavy atom. The molecule has 0 amide bonds. The first-order chi connectivity index (χ1) is 7.83. The monoisotopic (exact) mass is 211 g/mol. The van der Waals surface area contributed by atoms with Crippen LogP contribution in [0.2, 0.25) is 0 Å². The van der Waals surface area contributed by atoms with Crippen LogP contribution in [-0.4, -0.2) is 4.98 Å². The highest BCUT2D eigenvalue weighted by Gasteiger charge is 2.18. The predicted octanol–water partition coefficient (Wildman–Crippen LogP) is 2.18. The third-order valence-electron chi connectivity index (χ3n) is 2.97. The molecule has 80 valence electrons. The Kier molecular flexibility index (Phi) is 2.03. The number of fused-ring (bicyclic) bond motifs is 1. The van der Waals surface area contributed by atoms with Gasteiger partial charge in [-0.05, 0) is 17.2 Å². The van der Waals surface area contributed by atoms with E-state index in [1.807, 2.05) is 12.1 Å². The maximum absolute atomic E-state index is 5.69. The zero-order chi connectivity index (χ0) is 11.0. The number of hydrogen-bond donors (Lipinski definition) is 1. The lowest BCUT2D eigenvalue weighted by molar-refractivity contribution is 0.879. The summed E-state index contributed by atoms with van der Waals surface area (Å²) in [6.07, 6.45) is 1.76. The van der Waals surface area contributed by atoms with E-state index in [9.17, 15) is 0 Å². The number of rotatable bonds is 1. The normalized spacial score (nSPS) is 13.9. The third-order valence-corrected chi connectivity index (χ3v) is 2.97. The summed E-state index contributed by atoms with van der Waals surface area (Å²) in [5.41, 5.74) is 9.64. The fourth-order valence-corrected chi connectivity index (χ4v) is 2.15. The molecule has 0 bridgehead atoms. The van der Waals surface area contributed by atoms with Crippen LogP contribution in [0.3, 0.4) is 0 Å². The van der Waals surface area contributed by atoms with Gasteiger partial charge in [0.2, 0.25) is 0 Å². The lowest BCUT2D eigenvalue weighted by atomic mass is 10.1. The fourth-order valence-electron chi connectivity index (χ4n) is 2.15. The molecule has 3 heteroatoms. The fraction of sp³-hybridized carbons (Fsp3) is 0.154. The molecule has 0 spiro atoms. The van der Waals surface area contributed by atoms with Crippen molar-refractivity contribution in [3.8, 4) is 0 Å². The maximum Gasteiger partial charge on any atom is 0.125 e. The molecule has 0 saturated heterocycles. The molecule has 1 aromatic carbocycles. The van der Waals surface area contributed by atoms with Crippen LogP contribution in [0.5, 0.6) is 0 Å². The summed E-state index contributed by atoms with van der Waals surface area (Å²) in [6, 6.07) is 12.5. The first-order valence-electron chi connectivity index (χ1n) is 5.36. The topological polar surface area (TPSA) is 42.1 Å². The van der Waals surface area contributed by atoms with E-state index in [4.69, 9.17) is 5.73 Å². The van der Waals surface area contributed by atoms with Gasteiger partial charge in [-0.3, -0.25) is 0 Å². The van der Waals surface area contributed by atoms with E-state index < -0.39 is 0 Å². The standard InChI is InChI=1S/C13H13N3/c14-13-7-12(5-6-15-13)16-8-10-3-1-2-4-11(10)9-16/h1-7H,8-9H2,(H2,14,15). The summed E-state index contributed by atoms with van der Waals surface area (Å²) in [7, 11) is 0. The lowest BCUT2D eigenvalue weighted by Gasteiger charge is -2.17. The first kappa shape index (κ1) is 9.21. The number of anilines is 2. The van der Waals surface area contributed by atoms with Crippen molar-refractivity contribution in [3.63, 3.8) is 0 Å². The number of aromatic nitrogens is 1. The van der Waals surface area contributed by atoms with Gasteiger partial charge in [0.15, 0.2) is 0 Å². The second kappa shape index (κ2) is 3.52. The molecule has 2 N–H and O–H groups in total. The van der Waals surface area contributed by atoms with Crippen molar-refractivity contribution in [2.24, 2.45) is 0 Å². The zero-order valence-corrected chi connectivity index (χ0v) is 8.93. The summed E-state index contributed by atoms with van der Waals surface area (Å²) in [6.45, 7) is 1.92. The molecule has 1 aliphatic rings. The zero-order valence-electron chi connectivity index (χ0n) is 8.93. The van der Waals surface area contributed by atoms with E-state index in [0.29, 0.717) is 5.82 Å². The SMILES string of the molecule is Nc1cc(N2Cc3ccccc3C2)ccn1. The van der Waals surface area contributed by atoms with Gasteiger partial charge < -0.3 is 10.6 Å². The highest BCUT2D eigenvalue weighted by molar-refractivity contribution is 5.55. The minimum Gasteiger partial charge on any atom is -0.384 e. The van der Waals surface area contributed by atoms with E-state index in [1.165, 1.54) is 11.1 Å². The van der Waals surface area contributed by atoms with Gasteiger partial charge in [-0.15, -0.1) is 0 Å². The Bertz CT molecular complexity index is 497. The smallest absolute Gasteiger partial charge is 0.125 e. The second-order valence-corrected chi connectivity index (χ2v) is 4.06. The minimum absolute atomic E-state index is 0.577. The number of benzene rings is 1. The molecule has 0 aliphatic carbocycles. The van der Waals surface area contributed by atoms with Crippen LogP contribution in [0.4, 0.5) is 11.5 Å². The summed E-state index contributed by atoms with van der Waals surface area (Å²) < 4.78 is 0. The van der Waals surface area contributed by atoms with Crippen LogP contribution in [0, 0.1) is 0 Å². The van der Waals surface area contributed by atoms with E-state index in [-0.39, 0.29) is 0 Å². The highest BCUT2D eigenvalue weighted by Crippen LogP contribution is 2.28. The molecule has 0 saturated carbocycles. The van der Waals surface area contributed by atoms with E-state index in [1.54, 1.807) is 6.20 Å². The van der Waals surface area contributed by atoms with Gasteiger partial charge in [-0.25, -0.2) is 4.98 Å². The van der Waals surface area contributed by atoms with Crippen LogP contribution in [-0.2, 0) is 13.1 Å². The van der Waals surface area contributed by atoms with Crippen LogP contribution in [0.25, 0.3) is 0 Å². The number of nitrogen functional groups attached to an aromatic ring is 1. The average molecular weight is 211 g/mol. The number of nitrogens with two attached hydrogens (primary N) is 1. The van der Waals surface area contributed by atoms with Crippen molar-refractivity contribution in [3.05, 3.63) is 53.7 Å². The molecule has 2 heterocycles. The average Bonchev–Trinajstić information content (AvgIpc) is 2.72. The summed E-state index contributed by atoms with van der Waals surface area (Å²) in [5, 5.41) is 0. The molecular weight excluding hydrogens is 198 g/mol. The molecule has 0 unspecified atom stereocenters. The third kappa shape index (κ3) is 1.50. The lowest BCUT2D eigenvalue weighted by Crippen LogP contribution is -2.14. The molecule has 2 aromatic rings. The van der Waals surface area contributed by atoms with Crippen LogP contribution >= 0.6 is 0 Å². The summed E-state index contributed by atoms with van der Waals surface area (Å²) >= 11 is 0. The molecular formula is C13H13N3. The Labute approximate surface area is 94.5 Å². The van der Waals surface area contributed by atoms with Gasteiger partial charge in [0.25, 0.3) is 0 Å². The molecule has 3 nitrogen and oxygen atoms in total. The van der Waals surface area contributed by atoms with Crippen LogP contribution in [0.1, 0.15) is 11.1 Å². The van der Waals surface area contributed by atoms with Crippen LogP contribution < -0.4 is 10.6 Å². The second-order valence-electron chi connectivity index (χ2n) is 4.06.